The van der Waals surface area contributed by atoms with E-state index in [9.17, 15) is 9.90 Å². The Labute approximate surface area is 150 Å². The monoisotopic (exact) mass is 366 g/mol. The van der Waals surface area contributed by atoms with Crippen LogP contribution in [0.15, 0.2) is 23.6 Å². The molecular weight excluding hydrogens is 344 g/mol. The molecule has 3 N–H and O–H groups in total. The highest BCUT2D eigenvalue weighted by Crippen LogP contribution is 2.39. The van der Waals surface area contributed by atoms with Crippen LogP contribution in [0.4, 0.5) is 10.5 Å². The molecule has 2 amide bonds. The molecule has 1 heterocycles. The minimum atomic E-state index is -0.745. The van der Waals surface area contributed by atoms with Gasteiger partial charge in [0.2, 0.25) is 5.75 Å². The maximum Gasteiger partial charge on any atom is 0.319 e. The molecule has 136 valence electrons. The van der Waals surface area contributed by atoms with Crippen LogP contribution in [0.3, 0.4) is 0 Å². The van der Waals surface area contributed by atoms with Crippen molar-refractivity contribution in [2.45, 2.75) is 13.0 Å². The second-order valence-electron chi connectivity index (χ2n) is 5.23. The summed E-state index contributed by atoms with van der Waals surface area (Å²) in [5.41, 5.74) is 1.48. The molecule has 1 aromatic carbocycles. The number of methoxy groups -OCH3 is 3. The first-order valence-corrected chi connectivity index (χ1v) is 8.45. The largest absolute Gasteiger partial charge is 0.493 e. The van der Waals surface area contributed by atoms with Crippen molar-refractivity contribution in [3.05, 3.63) is 34.0 Å². The molecule has 0 saturated carbocycles. The Hall–Kier alpha value is -2.45. The maximum absolute atomic E-state index is 12.1. The molecule has 0 aliphatic heterocycles. The first-order chi connectivity index (χ1) is 12.0. The van der Waals surface area contributed by atoms with Gasteiger partial charge in [-0.3, -0.25) is 0 Å². The van der Waals surface area contributed by atoms with E-state index in [1.54, 1.807) is 12.1 Å². The number of aliphatic hydroxyl groups is 1. The Kier molecular flexibility index (Phi) is 6.49. The number of aliphatic hydroxyl groups excluding tert-OH is 1. The fraction of sp³-hybridized carbons (Fsp3) is 0.353. The van der Waals surface area contributed by atoms with Gasteiger partial charge in [0, 0.05) is 17.0 Å². The normalized spacial score (nSPS) is 11.6. The Bertz CT molecular complexity index is 707. The second-order valence-corrected chi connectivity index (χ2v) is 6.18. The fourth-order valence-electron chi connectivity index (χ4n) is 2.34. The lowest BCUT2D eigenvalue weighted by Crippen LogP contribution is -2.32. The summed E-state index contributed by atoms with van der Waals surface area (Å²) in [4.78, 5) is 12.9. The van der Waals surface area contributed by atoms with Crippen LogP contribution in [0.1, 0.15) is 16.5 Å². The van der Waals surface area contributed by atoms with E-state index in [0.29, 0.717) is 22.9 Å². The molecule has 1 atom stereocenters. The van der Waals surface area contributed by atoms with Gasteiger partial charge in [0.25, 0.3) is 0 Å². The number of ether oxygens (including phenoxy) is 3. The van der Waals surface area contributed by atoms with Gasteiger partial charge < -0.3 is 30.0 Å². The predicted molar refractivity (Wildman–Crippen MR) is 97.1 cm³/mol. The molecule has 0 radical (unpaired) electrons. The van der Waals surface area contributed by atoms with Crippen molar-refractivity contribution < 1.29 is 24.1 Å². The smallest absolute Gasteiger partial charge is 0.319 e. The van der Waals surface area contributed by atoms with Gasteiger partial charge in [-0.05, 0) is 23.9 Å². The Morgan fingerprint density at radius 1 is 1.20 bits per heavy atom. The van der Waals surface area contributed by atoms with E-state index in [1.165, 1.54) is 32.7 Å². The number of carbonyl (C=O) groups excluding carboxylic acids is 1. The van der Waals surface area contributed by atoms with Crippen LogP contribution in [0.25, 0.3) is 0 Å². The summed E-state index contributed by atoms with van der Waals surface area (Å²) >= 11 is 1.46. The molecule has 2 aromatic rings. The average molecular weight is 366 g/mol. The van der Waals surface area contributed by atoms with Gasteiger partial charge in [0.15, 0.2) is 11.5 Å². The number of carbonyl (C=O) groups is 1. The Morgan fingerprint density at radius 2 is 1.84 bits per heavy atom. The van der Waals surface area contributed by atoms with Crippen molar-refractivity contribution in [3.63, 3.8) is 0 Å². The Balaban J connectivity index is 2.01. The molecule has 0 fully saturated rings. The van der Waals surface area contributed by atoms with Gasteiger partial charge in [-0.2, -0.15) is 0 Å². The number of amides is 2. The van der Waals surface area contributed by atoms with Crippen LogP contribution >= 0.6 is 11.3 Å². The van der Waals surface area contributed by atoms with E-state index in [4.69, 9.17) is 14.2 Å². The number of benzene rings is 1. The first-order valence-electron chi connectivity index (χ1n) is 7.57. The number of anilines is 1. The highest BCUT2D eigenvalue weighted by atomic mass is 32.1. The minimum Gasteiger partial charge on any atom is -0.493 e. The molecule has 0 aliphatic rings. The third kappa shape index (κ3) is 4.55. The van der Waals surface area contributed by atoms with Crippen LogP contribution in [-0.4, -0.2) is 39.0 Å². The van der Waals surface area contributed by atoms with Crippen LogP contribution in [-0.2, 0) is 0 Å². The molecule has 0 saturated heterocycles. The number of rotatable bonds is 7. The van der Waals surface area contributed by atoms with Crippen molar-refractivity contribution in [3.8, 4) is 17.2 Å². The van der Waals surface area contributed by atoms with Crippen LogP contribution < -0.4 is 24.8 Å². The summed E-state index contributed by atoms with van der Waals surface area (Å²) in [7, 11) is 4.51. The van der Waals surface area contributed by atoms with Crippen LogP contribution in [0.2, 0.25) is 0 Å². The molecule has 25 heavy (non-hydrogen) atoms. The lowest BCUT2D eigenvalue weighted by molar-refractivity contribution is 0.178. The lowest BCUT2D eigenvalue weighted by Gasteiger charge is -2.15. The van der Waals surface area contributed by atoms with Crippen molar-refractivity contribution >= 4 is 23.1 Å². The Morgan fingerprint density at radius 3 is 2.32 bits per heavy atom. The standard InChI is InChI=1S/C17H22N2O5S/c1-10-5-6-25-16(10)12(20)9-18-17(21)19-11-7-13(22-2)15(24-4)14(8-11)23-3/h5-8,12,20H,9H2,1-4H3,(H2,18,19,21). The van der Waals surface area contributed by atoms with E-state index < -0.39 is 12.1 Å². The summed E-state index contributed by atoms with van der Waals surface area (Å²) in [6.45, 7) is 2.03. The van der Waals surface area contributed by atoms with E-state index in [0.717, 1.165) is 10.4 Å². The topological polar surface area (TPSA) is 89.1 Å². The molecule has 7 nitrogen and oxygen atoms in total. The van der Waals surface area contributed by atoms with E-state index >= 15 is 0 Å². The zero-order chi connectivity index (χ0) is 18.4. The molecule has 0 aliphatic carbocycles. The average Bonchev–Trinajstić information content (AvgIpc) is 3.04. The van der Waals surface area contributed by atoms with E-state index in [2.05, 4.69) is 10.6 Å². The van der Waals surface area contributed by atoms with Gasteiger partial charge in [0.1, 0.15) is 6.10 Å². The highest BCUT2D eigenvalue weighted by Gasteiger charge is 2.16. The van der Waals surface area contributed by atoms with Gasteiger partial charge in [0.05, 0.1) is 33.6 Å². The summed E-state index contributed by atoms with van der Waals surface area (Å²) < 4.78 is 15.7. The van der Waals surface area contributed by atoms with Gasteiger partial charge in [-0.15, -0.1) is 11.3 Å². The number of aryl methyl sites for hydroxylation is 1. The van der Waals surface area contributed by atoms with Crippen molar-refractivity contribution in [2.75, 3.05) is 33.2 Å². The van der Waals surface area contributed by atoms with Crippen molar-refractivity contribution in [1.82, 2.24) is 5.32 Å². The summed E-state index contributed by atoms with van der Waals surface area (Å²) in [5.74, 6) is 1.32. The SMILES string of the molecule is COc1cc(NC(=O)NCC(O)c2sccc2C)cc(OC)c1OC. The summed E-state index contributed by atoms with van der Waals surface area (Å²) in [6.07, 6.45) is -0.745. The highest BCUT2D eigenvalue weighted by molar-refractivity contribution is 7.10. The van der Waals surface area contributed by atoms with Crippen LogP contribution in [0, 0.1) is 6.92 Å². The van der Waals surface area contributed by atoms with E-state index in [-0.39, 0.29) is 6.54 Å². The molecule has 1 aromatic heterocycles. The summed E-state index contributed by atoms with van der Waals surface area (Å²) in [6, 6.07) is 4.74. The van der Waals surface area contributed by atoms with Crippen molar-refractivity contribution in [1.29, 1.82) is 0 Å². The minimum absolute atomic E-state index is 0.109. The second kappa shape index (κ2) is 8.59. The maximum atomic E-state index is 12.1. The van der Waals surface area contributed by atoms with Gasteiger partial charge in [-0.25, -0.2) is 4.79 Å². The van der Waals surface area contributed by atoms with E-state index in [1.807, 2.05) is 18.4 Å². The number of nitrogens with one attached hydrogen (secondary N) is 2. The fourth-order valence-corrected chi connectivity index (χ4v) is 3.25. The molecular formula is C17H22N2O5S. The number of thiophene rings is 1. The lowest BCUT2D eigenvalue weighted by atomic mass is 10.2. The zero-order valence-electron chi connectivity index (χ0n) is 14.6. The number of urea groups is 1. The molecule has 8 heteroatoms. The molecule has 0 bridgehead atoms. The predicted octanol–water partition coefficient (Wildman–Crippen LogP) is 2.94. The van der Waals surface area contributed by atoms with Gasteiger partial charge in [-0.1, -0.05) is 0 Å². The third-order valence-electron chi connectivity index (χ3n) is 3.58. The quantitative estimate of drug-likeness (QED) is 0.701. The van der Waals surface area contributed by atoms with Crippen LogP contribution in [0.5, 0.6) is 17.2 Å². The third-order valence-corrected chi connectivity index (χ3v) is 4.70. The van der Waals surface area contributed by atoms with Gasteiger partial charge >= 0.3 is 6.03 Å². The zero-order valence-corrected chi connectivity index (χ0v) is 15.4. The molecule has 1 unspecified atom stereocenters. The number of hydrogen-bond acceptors (Lipinski definition) is 6. The molecule has 2 rings (SSSR count). The molecule has 0 spiro atoms. The number of hydrogen-bond donors (Lipinski definition) is 3. The summed E-state index contributed by atoms with van der Waals surface area (Å²) in [5, 5.41) is 17.4. The van der Waals surface area contributed by atoms with Crippen molar-refractivity contribution in [2.24, 2.45) is 0 Å². The first kappa shape index (κ1) is 18.9.